The highest BCUT2D eigenvalue weighted by Crippen LogP contribution is 2.21. The van der Waals surface area contributed by atoms with E-state index in [1.807, 2.05) is 0 Å². The molecule has 0 unspecified atom stereocenters. The molecule has 1 aliphatic rings. The van der Waals surface area contributed by atoms with Crippen LogP contribution in [0.4, 0.5) is 0 Å². The largest absolute Gasteiger partial charge is 0.387 e. The number of carbonyl (C=O) groups is 1. The Morgan fingerprint density at radius 2 is 2.29 bits per heavy atom. The monoisotopic (exact) mass is 312 g/mol. The van der Waals surface area contributed by atoms with Gasteiger partial charge in [0.05, 0.1) is 18.8 Å². The molecule has 0 aliphatic carbocycles. The van der Waals surface area contributed by atoms with E-state index in [1.165, 1.54) is 0 Å². The van der Waals surface area contributed by atoms with E-state index in [0.29, 0.717) is 17.1 Å². The van der Waals surface area contributed by atoms with E-state index in [0.717, 1.165) is 19.4 Å². The summed E-state index contributed by atoms with van der Waals surface area (Å²) in [7, 11) is 0. The number of amides is 1. The van der Waals surface area contributed by atoms with Crippen LogP contribution in [-0.4, -0.2) is 43.4 Å². The Hall–Kier alpha value is -1.14. The lowest BCUT2D eigenvalue weighted by Gasteiger charge is -2.14. The van der Waals surface area contributed by atoms with Crippen LogP contribution >= 0.6 is 11.6 Å². The maximum absolute atomic E-state index is 11.7. The first-order valence-electron chi connectivity index (χ1n) is 7.18. The Kier molecular flexibility index (Phi) is 6.45. The minimum absolute atomic E-state index is 0.143. The Bertz CT molecular complexity index is 464. The van der Waals surface area contributed by atoms with Crippen LogP contribution in [0.2, 0.25) is 5.02 Å². The zero-order chi connectivity index (χ0) is 15.1. The number of nitrogens with one attached hydrogen (secondary N) is 2. The molecule has 21 heavy (non-hydrogen) atoms. The third-order valence-corrected chi connectivity index (χ3v) is 3.78. The number of hydrogen-bond donors (Lipinski definition) is 3. The standard InChI is InChI=1S/C15H21ClN2O3/c16-13-6-2-1-5-12(13)14(19)9-18-15(20)10-17-8-11-4-3-7-21-11/h1-2,5-6,11,14,17,19H,3-4,7-10H2,(H,18,20)/t11-,14-/m1/s1. The Labute approximate surface area is 129 Å². The van der Waals surface area contributed by atoms with Crippen LogP contribution in [0.15, 0.2) is 24.3 Å². The van der Waals surface area contributed by atoms with Crippen molar-refractivity contribution in [3.63, 3.8) is 0 Å². The Morgan fingerprint density at radius 3 is 3.00 bits per heavy atom. The highest BCUT2D eigenvalue weighted by Gasteiger charge is 2.16. The average molecular weight is 313 g/mol. The maximum Gasteiger partial charge on any atom is 0.234 e. The van der Waals surface area contributed by atoms with Crippen molar-refractivity contribution in [2.24, 2.45) is 0 Å². The number of carbonyl (C=O) groups excluding carboxylic acids is 1. The average Bonchev–Trinajstić information content (AvgIpc) is 2.98. The van der Waals surface area contributed by atoms with Gasteiger partial charge in [-0.25, -0.2) is 0 Å². The normalized spacial score (nSPS) is 19.4. The van der Waals surface area contributed by atoms with Gasteiger partial charge in [0, 0.05) is 30.3 Å². The summed E-state index contributed by atoms with van der Waals surface area (Å²) in [5.74, 6) is -0.154. The van der Waals surface area contributed by atoms with Crippen LogP contribution in [0.3, 0.4) is 0 Å². The summed E-state index contributed by atoms with van der Waals surface area (Å²) in [4.78, 5) is 11.7. The van der Waals surface area contributed by atoms with Gasteiger partial charge in [-0.05, 0) is 18.9 Å². The molecule has 0 saturated carbocycles. The second-order valence-corrected chi connectivity index (χ2v) is 5.51. The second-order valence-electron chi connectivity index (χ2n) is 5.11. The zero-order valence-corrected chi connectivity index (χ0v) is 12.6. The fraction of sp³-hybridized carbons (Fsp3) is 0.533. The number of aliphatic hydroxyl groups is 1. The van der Waals surface area contributed by atoms with Crippen molar-refractivity contribution < 1.29 is 14.6 Å². The van der Waals surface area contributed by atoms with E-state index in [-0.39, 0.29) is 25.1 Å². The van der Waals surface area contributed by atoms with Crippen molar-refractivity contribution in [3.05, 3.63) is 34.9 Å². The van der Waals surface area contributed by atoms with E-state index < -0.39 is 6.10 Å². The smallest absolute Gasteiger partial charge is 0.234 e. The van der Waals surface area contributed by atoms with Gasteiger partial charge in [0.2, 0.25) is 5.91 Å². The third kappa shape index (κ3) is 5.28. The number of halogens is 1. The summed E-state index contributed by atoms with van der Waals surface area (Å²) in [6, 6.07) is 7.06. The van der Waals surface area contributed by atoms with Crippen molar-refractivity contribution in [2.75, 3.05) is 26.2 Å². The quantitative estimate of drug-likeness (QED) is 0.709. The molecule has 2 rings (SSSR count). The van der Waals surface area contributed by atoms with Crippen LogP contribution in [0.5, 0.6) is 0 Å². The second kappa shape index (κ2) is 8.34. The molecule has 0 bridgehead atoms. The van der Waals surface area contributed by atoms with Gasteiger partial charge in [0.15, 0.2) is 0 Å². The first-order valence-corrected chi connectivity index (χ1v) is 7.56. The molecule has 1 fully saturated rings. The van der Waals surface area contributed by atoms with Crippen molar-refractivity contribution in [3.8, 4) is 0 Å². The highest BCUT2D eigenvalue weighted by atomic mass is 35.5. The first-order chi connectivity index (χ1) is 10.2. The van der Waals surface area contributed by atoms with Gasteiger partial charge in [-0.15, -0.1) is 0 Å². The summed E-state index contributed by atoms with van der Waals surface area (Å²) in [5.41, 5.74) is 0.617. The van der Waals surface area contributed by atoms with Crippen molar-refractivity contribution in [2.45, 2.75) is 25.0 Å². The predicted molar refractivity (Wildman–Crippen MR) is 81.3 cm³/mol. The fourth-order valence-electron chi connectivity index (χ4n) is 2.28. The molecule has 1 aliphatic heterocycles. The molecule has 1 heterocycles. The van der Waals surface area contributed by atoms with Crippen molar-refractivity contribution in [1.82, 2.24) is 10.6 Å². The SMILES string of the molecule is O=C(CNC[C@H]1CCCO1)NC[C@@H](O)c1ccccc1Cl. The number of hydrogen-bond acceptors (Lipinski definition) is 4. The van der Waals surface area contributed by atoms with E-state index in [2.05, 4.69) is 10.6 Å². The molecule has 1 saturated heterocycles. The van der Waals surface area contributed by atoms with Crippen molar-refractivity contribution in [1.29, 1.82) is 0 Å². The van der Waals surface area contributed by atoms with Gasteiger partial charge in [0.25, 0.3) is 0 Å². The topological polar surface area (TPSA) is 70.6 Å². The molecule has 0 aromatic heterocycles. The van der Waals surface area contributed by atoms with Crippen LogP contribution in [-0.2, 0) is 9.53 Å². The molecule has 1 aromatic rings. The van der Waals surface area contributed by atoms with E-state index >= 15 is 0 Å². The van der Waals surface area contributed by atoms with Crippen LogP contribution in [0, 0.1) is 0 Å². The molecule has 2 atom stereocenters. The van der Waals surface area contributed by atoms with Crippen LogP contribution < -0.4 is 10.6 Å². The van der Waals surface area contributed by atoms with Gasteiger partial charge in [0.1, 0.15) is 0 Å². The molecular formula is C15H21ClN2O3. The van der Waals surface area contributed by atoms with Crippen molar-refractivity contribution >= 4 is 17.5 Å². The summed E-state index contributed by atoms with van der Waals surface area (Å²) < 4.78 is 5.46. The molecule has 1 amide bonds. The Morgan fingerprint density at radius 1 is 1.48 bits per heavy atom. The summed E-state index contributed by atoms with van der Waals surface area (Å²) in [6.07, 6.45) is 1.54. The molecule has 6 heteroatoms. The van der Waals surface area contributed by atoms with Gasteiger partial charge >= 0.3 is 0 Å². The summed E-state index contributed by atoms with van der Waals surface area (Å²) in [5, 5.41) is 16.2. The van der Waals surface area contributed by atoms with E-state index in [4.69, 9.17) is 16.3 Å². The third-order valence-electron chi connectivity index (χ3n) is 3.44. The van der Waals surface area contributed by atoms with Gasteiger partial charge in [-0.3, -0.25) is 4.79 Å². The molecule has 116 valence electrons. The van der Waals surface area contributed by atoms with Gasteiger partial charge < -0.3 is 20.5 Å². The molecule has 5 nitrogen and oxygen atoms in total. The van der Waals surface area contributed by atoms with Gasteiger partial charge in [-0.2, -0.15) is 0 Å². The molecule has 0 spiro atoms. The lowest BCUT2D eigenvalue weighted by atomic mass is 10.1. The first kappa shape index (κ1) is 16.2. The Balaban J connectivity index is 1.65. The molecular weight excluding hydrogens is 292 g/mol. The van der Waals surface area contributed by atoms with Crippen LogP contribution in [0.1, 0.15) is 24.5 Å². The van der Waals surface area contributed by atoms with Crippen LogP contribution in [0.25, 0.3) is 0 Å². The zero-order valence-electron chi connectivity index (χ0n) is 11.8. The lowest BCUT2D eigenvalue weighted by molar-refractivity contribution is -0.120. The lowest BCUT2D eigenvalue weighted by Crippen LogP contribution is -2.38. The summed E-state index contributed by atoms with van der Waals surface area (Å²) in [6.45, 7) is 1.85. The number of aliphatic hydroxyl groups excluding tert-OH is 1. The minimum Gasteiger partial charge on any atom is -0.387 e. The highest BCUT2D eigenvalue weighted by molar-refractivity contribution is 6.31. The van der Waals surface area contributed by atoms with Gasteiger partial charge in [-0.1, -0.05) is 29.8 Å². The van der Waals surface area contributed by atoms with E-state index in [1.54, 1.807) is 24.3 Å². The predicted octanol–water partition coefficient (Wildman–Crippen LogP) is 1.26. The molecule has 1 aromatic carbocycles. The number of benzene rings is 1. The molecule has 0 radical (unpaired) electrons. The maximum atomic E-state index is 11.7. The van der Waals surface area contributed by atoms with E-state index in [9.17, 15) is 9.90 Å². The number of rotatable bonds is 7. The minimum atomic E-state index is -0.805. The summed E-state index contributed by atoms with van der Waals surface area (Å²) >= 11 is 5.99. The number of ether oxygens (including phenoxy) is 1. The fourth-order valence-corrected chi connectivity index (χ4v) is 2.54. The molecule has 3 N–H and O–H groups in total.